The van der Waals surface area contributed by atoms with Crippen LogP contribution < -0.4 is 11.1 Å². The first-order valence-corrected chi connectivity index (χ1v) is 7.71. The number of nitrogens with one attached hydrogen (secondary N) is 1. The van der Waals surface area contributed by atoms with Gasteiger partial charge in [0.1, 0.15) is 0 Å². The lowest BCUT2D eigenvalue weighted by molar-refractivity contribution is -0.155. The Kier molecular flexibility index (Phi) is 3.64. The van der Waals surface area contributed by atoms with Crippen LogP contribution in [-0.2, 0) is 4.79 Å². The Bertz CT molecular complexity index is 710. The van der Waals surface area contributed by atoms with Gasteiger partial charge in [0.2, 0.25) is 0 Å². The molecule has 0 spiro atoms. The van der Waals surface area contributed by atoms with Crippen LogP contribution in [0.4, 0.5) is 11.4 Å². The molecule has 2 aromatic rings. The van der Waals surface area contributed by atoms with Crippen molar-refractivity contribution in [3.63, 3.8) is 0 Å². The second-order valence-electron chi connectivity index (χ2n) is 6.03. The molecule has 0 amide bonds. The fourth-order valence-corrected chi connectivity index (χ4v) is 3.39. The van der Waals surface area contributed by atoms with Gasteiger partial charge in [-0.1, -0.05) is 31.5 Å². The lowest BCUT2D eigenvalue weighted by Crippen LogP contribution is -2.51. The van der Waals surface area contributed by atoms with Crippen molar-refractivity contribution in [1.82, 2.24) is 4.98 Å². The van der Waals surface area contributed by atoms with Crippen LogP contribution in [0.1, 0.15) is 32.6 Å². The van der Waals surface area contributed by atoms with Gasteiger partial charge in [0.05, 0.1) is 28.5 Å². The Morgan fingerprint density at radius 1 is 1.45 bits per heavy atom. The van der Waals surface area contributed by atoms with Crippen molar-refractivity contribution in [2.75, 3.05) is 11.1 Å². The van der Waals surface area contributed by atoms with Crippen LogP contribution in [0.5, 0.6) is 0 Å². The third-order valence-electron chi connectivity index (χ3n) is 4.87. The molecule has 1 aromatic heterocycles. The number of aromatic nitrogens is 1. The van der Waals surface area contributed by atoms with Gasteiger partial charge >= 0.3 is 5.97 Å². The molecule has 4 N–H and O–H groups in total. The lowest BCUT2D eigenvalue weighted by atomic mass is 9.63. The quantitative estimate of drug-likeness (QED) is 0.788. The SMILES string of the molecule is CCC(Nc1c(N)cnc2ccccc12)C1(C(=O)O)CCC1. The highest BCUT2D eigenvalue weighted by Gasteiger charge is 2.50. The first-order valence-electron chi connectivity index (χ1n) is 7.71. The van der Waals surface area contributed by atoms with E-state index in [9.17, 15) is 9.90 Å². The van der Waals surface area contributed by atoms with Crippen LogP contribution in [-0.4, -0.2) is 22.1 Å². The number of pyridine rings is 1. The van der Waals surface area contributed by atoms with Gasteiger partial charge in [0, 0.05) is 11.4 Å². The molecule has 5 heteroatoms. The zero-order valence-electron chi connectivity index (χ0n) is 12.7. The van der Waals surface area contributed by atoms with Gasteiger partial charge < -0.3 is 16.2 Å². The van der Waals surface area contributed by atoms with Crippen LogP contribution in [0.15, 0.2) is 30.5 Å². The van der Waals surface area contributed by atoms with E-state index in [0.717, 1.165) is 42.3 Å². The highest BCUT2D eigenvalue weighted by Crippen LogP contribution is 2.47. The first kappa shape index (κ1) is 14.6. The summed E-state index contributed by atoms with van der Waals surface area (Å²) in [7, 11) is 0. The van der Waals surface area contributed by atoms with E-state index in [1.54, 1.807) is 6.20 Å². The van der Waals surface area contributed by atoms with Crippen LogP contribution >= 0.6 is 0 Å². The highest BCUT2D eigenvalue weighted by molar-refractivity contribution is 5.97. The Morgan fingerprint density at radius 3 is 2.77 bits per heavy atom. The van der Waals surface area contributed by atoms with E-state index in [1.165, 1.54) is 0 Å². The smallest absolute Gasteiger partial charge is 0.311 e. The average molecular weight is 299 g/mol. The number of hydrogen-bond donors (Lipinski definition) is 3. The fourth-order valence-electron chi connectivity index (χ4n) is 3.39. The van der Waals surface area contributed by atoms with Gasteiger partial charge in [-0.2, -0.15) is 0 Å². The summed E-state index contributed by atoms with van der Waals surface area (Å²) in [5.74, 6) is -0.713. The van der Waals surface area contributed by atoms with Crippen molar-refractivity contribution >= 4 is 28.2 Å². The highest BCUT2D eigenvalue weighted by atomic mass is 16.4. The summed E-state index contributed by atoms with van der Waals surface area (Å²) in [5, 5.41) is 14.0. The van der Waals surface area contributed by atoms with Crippen molar-refractivity contribution < 1.29 is 9.90 Å². The number of fused-ring (bicyclic) bond motifs is 1. The van der Waals surface area contributed by atoms with Gasteiger partial charge in [-0.05, 0) is 25.3 Å². The number of anilines is 2. The summed E-state index contributed by atoms with van der Waals surface area (Å²) in [6.45, 7) is 2.01. The van der Waals surface area contributed by atoms with E-state index in [4.69, 9.17) is 5.73 Å². The maximum atomic E-state index is 11.8. The summed E-state index contributed by atoms with van der Waals surface area (Å²) in [6.07, 6.45) is 4.78. The predicted octanol–water partition coefficient (Wildman–Crippen LogP) is 3.26. The molecule has 1 aliphatic rings. The topological polar surface area (TPSA) is 88.2 Å². The zero-order valence-corrected chi connectivity index (χ0v) is 12.7. The van der Waals surface area contributed by atoms with E-state index in [1.807, 2.05) is 31.2 Å². The van der Waals surface area contributed by atoms with Crippen molar-refractivity contribution in [2.45, 2.75) is 38.6 Å². The van der Waals surface area contributed by atoms with E-state index in [0.29, 0.717) is 5.69 Å². The van der Waals surface area contributed by atoms with Gasteiger partial charge in [-0.15, -0.1) is 0 Å². The average Bonchev–Trinajstić information content (AvgIpc) is 2.47. The number of benzene rings is 1. The molecule has 1 saturated carbocycles. The molecule has 116 valence electrons. The summed E-state index contributed by atoms with van der Waals surface area (Å²) in [6, 6.07) is 7.62. The molecule has 1 aromatic carbocycles. The van der Waals surface area contributed by atoms with Gasteiger partial charge in [0.25, 0.3) is 0 Å². The largest absolute Gasteiger partial charge is 0.481 e. The van der Waals surface area contributed by atoms with E-state index in [-0.39, 0.29) is 6.04 Å². The normalized spacial score (nSPS) is 17.7. The van der Waals surface area contributed by atoms with Crippen LogP contribution in [0.25, 0.3) is 10.9 Å². The van der Waals surface area contributed by atoms with Gasteiger partial charge in [-0.3, -0.25) is 9.78 Å². The van der Waals surface area contributed by atoms with Crippen LogP contribution in [0, 0.1) is 5.41 Å². The second kappa shape index (κ2) is 5.48. The number of rotatable bonds is 5. The molecule has 1 fully saturated rings. The minimum Gasteiger partial charge on any atom is -0.481 e. The van der Waals surface area contributed by atoms with E-state index in [2.05, 4.69) is 10.3 Å². The summed E-state index contributed by atoms with van der Waals surface area (Å²) >= 11 is 0. The molecule has 1 heterocycles. The number of carbonyl (C=O) groups is 1. The number of carboxylic acids is 1. The summed E-state index contributed by atoms with van der Waals surface area (Å²) in [5.41, 5.74) is 7.62. The number of nitrogen functional groups attached to an aromatic ring is 1. The molecule has 0 bridgehead atoms. The second-order valence-corrected chi connectivity index (χ2v) is 6.03. The molecule has 3 rings (SSSR count). The number of nitrogens with zero attached hydrogens (tertiary/aromatic N) is 1. The Balaban J connectivity index is 2.01. The van der Waals surface area contributed by atoms with E-state index < -0.39 is 11.4 Å². The molecule has 0 aliphatic heterocycles. The molecule has 1 atom stereocenters. The minimum absolute atomic E-state index is 0.133. The van der Waals surface area contributed by atoms with Crippen molar-refractivity contribution in [1.29, 1.82) is 0 Å². The number of carboxylic acid groups (broad SMARTS) is 1. The molecule has 1 unspecified atom stereocenters. The summed E-state index contributed by atoms with van der Waals surface area (Å²) in [4.78, 5) is 16.1. The monoisotopic (exact) mass is 299 g/mol. The number of nitrogens with two attached hydrogens (primary N) is 1. The predicted molar refractivity (Wildman–Crippen MR) is 87.8 cm³/mol. The maximum absolute atomic E-state index is 11.8. The molecule has 22 heavy (non-hydrogen) atoms. The van der Waals surface area contributed by atoms with E-state index >= 15 is 0 Å². The first-order chi connectivity index (χ1) is 10.6. The maximum Gasteiger partial charge on any atom is 0.311 e. The molecule has 0 saturated heterocycles. The number of aliphatic carboxylic acids is 1. The fraction of sp³-hybridized carbons (Fsp3) is 0.412. The number of para-hydroxylation sites is 1. The third kappa shape index (κ3) is 2.17. The standard InChI is InChI=1S/C17H21N3O2/c1-2-14(17(16(21)22)8-5-9-17)20-15-11-6-3-4-7-13(11)19-10-12(15)18/h3-4,6-7,10,14H,2,5,8-9,18H2,1H3,(H,19,20)(H,21,22). The molecule has 1 aliphatic carbocycles. The molecular weight excluding hydrogens is 278 g/mol. The van der Waals surface area contributed by atoms with Gasteiger partial charge in [-0.25, -0.2) is 0 Å². The number of hydrogen-bond acceptors (Lipinski definition) is 4. The van der Waals surface area contributed by atoms with Crippen molar-refractivity contribution in [3.05, 3.63) is 30.5 Å². The zero-order chi connectivity index (χ0) is 15.7. The van der Waals surface area contributed by atoms with Gasteiger partial charge in [0.15, 0.2) is 0 Å². The Labute approximate surface area is 129 Å². The lowest BCUT2D eigenvalue weighted by Gasteiger charge is -2.44. The Hall–Kier alpha value is -2.30. The summed E-state index contributed by atoms with van der Waals surface area (Å²) < 4.78 is 0. The molecular formula is C17H21N3O2. The molecule has 0 radical (unpaired) electrons. The third-order valence-corrected chi connectivity index (χ3v) is 4.87. The van der Waals surface area contributed by atoms with Crippen LogP contribution in [0.3, 0.4) is 0 Å². The minimum atomic E-state index is -0.713. The van der Waals surface area contributed by atoms with Crippen molar-refractivity contribution in [3.8, 4) is 0 Å². The van der Waals surface area contributed by atoms with Crippen molar-refractivity contribution in [2.24, 2.45) is 5.41 Å². The Morgan fingerprint density at radius 2 is 2.18 bits per heavy atom. The van der Waals surface area contributed by atoms with Crippen LogP contribution in [0.2, 0.25) is 0 Å². The molecule has 5 nitrogen and oxygen atoms in total.